The van der Waals surface area contributed by atoms with Gasteiger partial charge in [-0.1, -0.05) is 30.3 Å². The molecular formula is C21H20N2O3. The van der Waals surface area contributed by atoms with E-state index in [0.29, 0.717) is 11.1 Å². The van der Waals surface area contributed by atoms with E-state index in [9.17, 15) is 9.59 Å². The lowest BCUT2D eigenvalue weighted by atomic mass is 9.98. The Labute approximate surface area is 151 Å². The number of rotatable bonds is 3. The first kappa shape index (κ1) is 16.5. The minimum Gasteiger partial charge on any atom is -0.465 e. The highest BCUT2D eigenvalue weighted by molar-refractivity contribution is 6.17. The van der Waals surface area contributed by atoms with Gasteiger partial charge < -0.3 is 9.30 Å². The number of ether oxygens (including phenoxy) is 1. The van der Waals surface area contributed by atoms with Gasteiger partial charge in [0.1, 0.15) is 0 Å². The molecule has 1 aliphatic heterocycles. The average Bonchev–Trinajstić information content (AvgIpc) is 3.00. The minimum atomic E-state index is -0.404. The molecule has 0 radical (unpaired) electrons. The topological polar surface area (TPSA) is 51.5 Å². The Bertz CT molecular complexity index is 1000. The zero-order valence-electron chi connectivity index (χ0n) is 14.9. The third-order valence-corrected chi connectivity index (χ3v) is 4.99. The summed E-state index contributed by atoms with van der Waals surface area (Å²) in [7, 11) is 3.43. The van der Waals surface area contributed by atoms with Crippen LogP contribution in [0.3, 0.4) is 0 Å². The van der Waals surface area contributed by atoms with Gasteiger partial charge in [-0.3, -0.25) is 9.69 Å². The summed E-state index contributed by atoms with van der Waals surface area (Å²) in [4.78, 5) is 27.1. The highest BCUT2D eigenvalue weighted by Crippen LogP contribution is 2.31. The summed E-state index contributed by atoms with van der Waals surface area (Å²) < 4.78 is 6.95. The molecule has 0 spiro atoms. The molecule has 5 nitrogen and oxygen atoms in total. The van der Waals surface area contributed by atoms with Crippen LogP contribution in [0.25, 0.3) is 10.9 Å². The molecule has 0 amide bonds. The number of hydrogen-bond donors (Lipinski definition) is 0. The number of methoxy groups -OCH3 is 1. The van der Waals surface area contributed by atoms with E-state index in [0.717, 1.165) is 41.8 Å². The standard InChI is InChI=1S/C21H20N2O3/c1-22-12-11-18-19(16-5-3-4-6-17(16)23(18)13-22)20(24)14-7-9-15(10-8-14)21(25)26-2/h3-10H,11-13H2,1-2H3. The Kier molecular flexibility index (Phi) is 4.09. The largest absolute Gasteiger partial charge is 0.465 e. The number of esters is 1. The molecule has 2 aromatic carbocycles. The van der Waals surface area contributed by atoms with Crippen molar-refractivity contribution in [3.05, 3.63) is 70.9 Å². The van der Waals surface area contributed by atoms with Gasteiger partial charge in [-0.15, -0.1) is 0 Å². The normalized spacial score (nSPS) is 14.2. The highest BCUT2D eigenvalue weighted by Gasteiger charge is 2.26. The Morgan fingerprint density at radius 3 is 2.42 bits per heavy atom. The van der Waals surface area contributed by atoms with Crippen LogP contribution in [0, 0.1) is 0 Å². The monoisotopic (exact) mass is 348 g/mol. The molecule has 26 heavy (non-hydrogen) atoms. The minimum absolute atomic E-state index is 0.00378. The molecule has 3 aromatic rings. The molecule has 0 saturated carbocycles. The second-order valence-corrected chi connectivity index (χ2v) is 6.64. The number of aromatic nitrogens is 1. The van der Waals surface area contributed by atoms with Crippen molar-refractivity contribution in [1.82, 2.24) is 9.47 Å². The highest BCUT2D eigenvalue weighted by atomic mass is 16.5. The number of carbonyl (C=O) groups excluding carboxylic acids is 2. The molecule has 0 saturated heterocycles. The smallest absolute Gasteiger partial charge is 0.337 e. The average molecular weight is 348 g/mol. The Balaban J connectivity index is 1.81. The van der Waals surface area contributed by atoms with E-state index < -0.39 is 5.97 Å². The van der Waals surface area contributed by atoms with Crippen LogP contribution < -0.4 is 0 Å². The lowest BCUT2D eigenvalue weighted by molar-refractivity contribution is 0.0600. The molecule has 0 N–H and O–H groups in total. The summed E-state index contributed by atoms with van der Waals surface area (Å²) in [6.45, 7) is 1.71. The van der Waals surface area contributed by atoms with E-state index in [2.05, 4.69) is 22.6 Å². The van der Waals surface area contributed by atoms with Gasteiger partial charge >= 0.3 is 5.97 Å². The molecule has 0 aliphatic carbocycles. The summed E-state index contributed by atoms with van der Waals surface area (Å²) in [5.74, 6) is -0.408. The van der Waals surface area contributed by atoms with Crippen LogP contribution in [0.5, 0.6) is 0 Å². The van der Waals surface area contributed by atoms with Gasteiger partial charge in [-0.05, 0) is 25.2 Å². The van der Waals surface area contributed by atoms with Crippen molar-refractivity contribution < 1.29 is 14.3 Å². The second-order valence-electron chi connectivity index (χ2n) is 6.64. The zero-order valence-corrected chi connectivity index (χ0v) is 14.9. The second kappa shape index (κ2) is 6.42. The maximum Gasteiger partial charge on any atom is 0.337 e. The van der Waals surface area contributed by atoms with Crippen LogP contribution in [0.15, 0.2) is 48.5 Å². The lowest BCUT2D eigenvalue weighted by Gasteiger charge is -2.26. The number of carbonyl (C=O) groups is 2. The first-order valence-corrected chi connectivity index (χ1v) is 8.62. The molecule has 1 aromatic heterocycles. The van der Waals surface area contributed by atoms with Crippen molar-refractivity contribution in [2.24, 2.45) is 0 Å². The number of ketones is 1. The Morgan fingerprint density at radius 2 is 1.69 bits per heavy atom. The quantitative estimate of drug-likeness (QED) is 0.539. The number of para-hydroxylation sites is 1. The van der Waals surface area contributed by atoms with E-state index in [1.165, 1.54) is 7.11 Å². The molecule has 4 rings (SSSR count). The third-order valence-electron chi connectivity index (χ3n) is 4.99. The van der Waals surface area contributed by atoms with E-state index >= 15 is 0 Å². The van der Waals surface area contributed by atoms with Crippen molar-refractivity contribution in [2.45, 2.75) is 13.1 Å². The van der Waals surface area contributed by atoms with E-state index in [1.54, 1.807) is 24.3 Å². The van der Waals surface area contributed by atoms with Crippen LogP contribution in [0.2, 0.25) is 0 Å². The van der Waals surface area contributed by atoms with E-state index in [4.69, 9.17) is 4.74 Å². The number of hydrogen-bond acceptors (Lipinski definition) is 4. The van der Waals surface area contributed by atoms with Gasteiger partial charge in [-0.2, -0.15) is 0 Å². The van der Waals surface area contributed by atoms with Crippen LogP contribution in [-0.2, 0) is 17.8 Å². The van der Waals surface area contributed by atoms with Gasteiger partial charge in [0.25, 0.3) is 0 Å². The summed E-state index contributed by atoms with van der Waals surface area (Å²) in [5, 5.41) is 0.986. The summed E-state index contributed by atoms with van der Waals surface area (Å²) in [5.41, 5.74) is 3.97. The summed E-state index contributed by atoms with van der Waals surface area (Å²) in [6.07, 6.45) is 0.840. The van der Waals surface area contributed by atoms with Gasteiger partial charge in [-0.25, -0.2) is 4.79 Å². The molecule has 5 heteroatoms. The summed E-state index contributed by atoms with van der Waals surface area (Å²) in [6, 6.07) is 14.7. The van der Waals surface area contributed by atoms with Crippen molar-refractivity contribution in [2.75, 3.05) is 20.7 Å². The predicted molar refractivity (Wildman–Crippen MR) is 99.5 cm³/mol. The van der Waals surface area contributed by atoms with Gasteiger partial charge in [0.2, 0.25) is 0 Å². The molecule has 2 heterocycles. The first-order valence-electron chi connectivity index (χ1n) is 8.62. The molecule has 0 fully saturated rings. The fourth-order valence-corrected chi connectivity index (χ4v) is 3.66. The van der Waals surface area contributed by atoms with Crippen LogP contribution in [0.1, 0.15) is 32.0 Å². The molecule has 0 bridgehead atoms. The number of likely N-dealkylation sites (N-methyl/N-ethyl adjacent to an activating group) is 1. The maximum absolute atomic E-state index is 13.3. The fraction of sp³-hybridized carbons (Fsp3) is 0.238. The maximum atomic E-state index is 13.3. The first-order chi connectivity index (χ1) is 12.6. The fourth-order valence-electron chi connectivity index (χ4n) is 3.66. The Morgan fingerprint density at radius 1 is 1.00 bits per heavy atom. The van der Waals surface area contributed by atoms with E-state index in [1.807, 2.05) is 18.2 Å². The lowest BCUT2D eigenvalue weighted by Crippen LogP contribution is -2.31. The van der Waals surface area contributed by atoms with Crippen molar-refractivity contribution in [3.63, 3.8) is 0 Å². The van der Waals surface area contributed by atoms with Gasteiger partial charge in [0.05, 0.1) is 30.4 Å². The van der Waals surface area contributed by atoms with Crippen molar-refractivity contribution in [1.29, 1.82) is 0 Å². The van der Waals surface area contributed by atoms with Crippen LogP contribution in [0.4, 0.5) is 0 Å². The van der Waals surface area contributed by atoms with Gasteiger partial charge in [0.15, 0.2) is 5.78 Å². The van der Waals surface area contributed by atoms with Crippen LogP contribution >= 0.6 is 0 Å². The molecule has 132 valence electrons. The van der Waals surface area contributed by atoms with Crippen molar-refractivity contribution in [3.8, 4) is 0 Å². The number of benzene rings is 2. The summed E-state index contributed by atoms with van der Waals surface area (Å²) >= 11 is 0. The third kappa shape index (κ3) is 2.61. The predicted octanol–water partition coefficient (Wildman–Crippen LogP) is 3.10. The number of nitrogens with zero attached hydrogens (tertiary/aromatic N) is 2. The molecule has 0 atom stereocenters. The molecule has 1 aliphatic rings. The van der Waals surface area contributed by atoms with Crippen molar-refractivity contribution >= 4 is 22.7 Å². The Hall–Kier alpha value is -2.92. The van der Waals surface area contributed by atoms with Gasteiger partial charge in [0, 0.05) is 29.6 Å². The zero-order chi connectivity index (χ0) is 18.3. The molecule has 0 unspecified atom stereocenters. The number of fused-ring (bicyclic) bond motifs is 3. The van der Waals surface area contributed by atoms with Crippen LogP contribution in [-0.4, -0.2) is 41.9 Å². The SMILES string of the molecule is COC(=O)c1ccc(C(=O)c2c3n(c4ccccc24)CN(C)CC3)cc1. The molecular weight excluding hydrogens is 328 g/mol. The van der Waals surface area contributed by atoms with E-state index in [-0.39, 0.29) is 5.78 Å².